The van der Waals surface area contributed by atoms with Crippen LogP contribution in [0.5, 0.6) is 0 Å². The summed E-state index contributed by atoms with van der Waals surface area (Å²) in [5.74, 6) is 0.820. The van der Waals surface area contributed by atoms with E-state index in [-0.39, 0.29) is 17.7 Å². The normalized spacial score (nSPS) is 27.3. The molecule has 4 nitrogen and oxygen atoms in total. The molecule has 2 aliphatic heterocycles. The van der Waals surface area contributed by atoms with Gasteiger partial charge in [0, 0.05) is 31.2 Å². The Labute approximate surface area is 128 Å². The van der Waals surface area contributed by atoms with Crippen molar-refractivity contribution >= 4 is 20.7 Å². The number of fused-ring (bicyclic) bond motifs is 2. The van der Waals surface area contributed by atoms with E-state index in [0.29, 0.717) is 18.1 Å². The second-order valence-electron chi connectivity index (χ2n) is 6.43. The first-order chi connectivity index (χ1) is 10.5. The molecule has 6 heteroatoms. The molecular weight excluding hydrogens is 303 g/mol. The van der Waals surface area contributed by atoms with Crippen molar-refractivity contribution in [1.29, 1.82) is 0 Å². The highest BCUT2D eigenvalue weighted by Crippen LogP contribution is 2.34. The number of rotatable bonds is 2. The largest absolute Gasteiger partial charge is 0.298 e. The highest BCUT2D eigenvalue weighted by atomic mass is 32.2. The molecule has 1 aromatic carbocycles. The fraction of sp³-hybridized carbons (Fsp3) is 0.438. The Balaban J connectivity index is 1.58. The van der Waals surface area contributed by atoms with E-state index in [1.165, 1.54) is 6.07 Å². The molecule has 2 aliphatic rings. The monoisotopic (exact) mass is 320 g/mol. The summed E-state index contributed by atoms with van der Waals surface area (Å²) in [6, 6.07) is 6.70. The Morgan fingerprint density at radius 3 is 2.68 bits per heavy atom. The minimum absolute atomic E-state index is 0.234. The van der Waals surface area contributed by atoms with Gasteiger partial charge in [-0.1, -0.05) is 6.07 Å². The summed E-state index contributed by atoms with van der Waals surface area (Å²) in [5.41, 5.74) is 1.70. The van der Waals surface area contributed by atoms with E-state index in [9.17, 15) is 12.8 Å². The van der Waals surface area contributed by atoms with Crippen LogP contribution in [0.4, 0.5) is 4.39 Å². The zero-order valence-corrected chi connectivity index (χ0v) is 12.9. The number of likely N-dealkylation sites (tertiary alicyclic amines) is 1. The molecule has 2 aromatic rings. The molecule has 4 rings (SSSR count). The Bertz CT molecular complexity index is 817. The van der Waals surface area contributed by atoms with E-state index in [1.54, 1.807) is 18.3 Å². The van der Waals surface area contributed by atoms with Gasteiger partial charge >= 0.3 is 0 Å². The highest BCUT2D eigenvalue weighted by molar-refractivity contribution is 7.91. The van der Waals surface area contributed by atoms with Gasteiger partial charge in [-0.2, -0.15) is 0 Å². The average molecular weight is 320 g/mol. The van der Waals surface area contributed by atoms with E-state index < -0.39 is 9.84 Å². The van der Waals surface area contributed by atoms with Crippen LogP contribution < -0.4 is 0 Å². The number of halogens is 1. The average Bonchev–Trinajstić information content (AvgIpc) is 2.91. The topological polar surface area (TPSA) is 50.3 Å². The zero-order valence-electron chi connectivity index (χ0n) is 12.1. The lowest BCUT2D eigenvalue weighted by Crippen LogP contribution is -2.24. The van der Waals surface area contributed by atoms with Gasteiger partial charge in [-0.3, -0.25) is 9.88 Å². The summed E-state index contributed by atoms with van der Waals surface area (Å²) in [6.45, 7) is 2.17. The zero-order chi connectivity index (χ0) is 15.3. The number of benzene rings is 1. The second-order valence-corrected chi connectivity index (χ2v) is 8.58. The van der Waals surface area contributed by atoms with Crippen molar-refractivity contribution in [3.05, 3.63) is 41.8 Å². The minimum atomic E-state index is -2.84. The number of aromatic nitrogens is 1. The molecule has 0 aliphatic carbocycles. The molecule has 3 heterocycles. The molecule has 2 saturated heterocycles. The molecule has 116 valence electrons. The van der Waals surface area contributed by atoms with E-state index in [1.807, 2.05) is 6.07 Å². The van der Waals surface area contributed by atoms with Crippen molar-refractivity contribution in [2.75, 3.05) is 24.6 Å². The number of hydrogen-bond acceptors (Lipinski definition) is 4. The Kier molecular flexibility index (Phi) is 3.20. The lowest BCUT2D eigenvalue weighted by molar-refractivity contribution is 0.315. The quantitative estimate of drug-likeness (QED) is 0.847. The lowest BCUT2D eigenvalue weighted by atomic mass is 10.0. The van der Waals surface area contributed by atoms with Crippen LogP contribution in [0.15, 0.2) is 30.5 Å². The third kappa shape index (κ3) is 2.50. The lowest BCUT2D eigenvalue weighted by Gasteiger charge is -2.18. The smallest absolute Gasteiger partial charge is 0.150 e. The Hall–Kier alpha value is -1.53. The molecule has 0 N–H and O–H groups in total. The Morgan fingerprint density at radius 1 is 1.23 bits per heavy atom. The number of pyridine rings is 1. The first kappa shape index (κ1) is 14.1. The highest BCUT2D eigenvalue weighted by Gasteiger charge is 2.43. The summed E-state index contributed by atoms with van der Waals surface area (Å²) in [7, 11) is -2.84. The summed E-state index contributed by atoms with van der Waals surface area (Å²) in [6.07, 6.45) is 1.72. The fourth-order valence-corrected chi connectivity index (χ4v) is 6.05. The van der Waals surface area contributed by atoms with Crippen LogP contribution in [0, 0.1) is 17.7 Å². The van der Waals surface area contributed by atoms with E-state index >= 15 is 0 Å². The molecule has 2 fully saturated rings. The van der Waals surface area contributed by atoms with Crippen molar-refractivity contribution in [2.45, 2.75) is 6.54 Å². The second kappa shape index (κ2) is 4.99. The van der Waals surface area contributed by atoms with Crippen molar-refractivity contribution in [1.82, 2.24) is 9.88 Å². The maximum absolute atomic E-state index is 13.8. The predicted octanol–water partition coefficient (Wildman–Crippen LogP) is 1.85. The Morgan fingerprint density at radius 2 is 1.95 bits per heavy atom. The maximum atomic E-state index is 13.8. The number of nitrogens with zero attached hydrogens (tertiary/aromatic N) is 2. The first-order valence-electron chi connectivity index (χ1n) is 7.46. The summed E-state index contributed by atoms with van der Waals surface area (Å²) in [4.78, 5) is 6.60. The molecule has 0 spiro atoms. The minimum Gasteiger partial charge on any atom is -0.298 e. The number of sulfone groups is 1. The SMILES string of the molecule is O=S1(=O)C[C@H]2CN(Cc3cc(F)cc4cccnc34)C[C@H]2C1. The van der Waals surface area contributed by atoms with E-state index in [2.05, 4.69) is 9.88 Å². The molecule has 0 amide bonds. The first-order valence-corrected chi connectivity index (χ1v) is 9.28. The van der Waals surface area contributed by atoms with Gasteiger partial charge in [0.05, 0.1) is 17.0 Å². The standard InChI is InChI=1S/C16H17FN2O2S/c17-15-4-11-2-1-3-18-16(11)12(5-15)6-19-7-13-9-22(20,21)10-14(13)8-19/h1-5,13-14H,6-10H2/t13-,14+. The van der Waals surface area contributed by atoms with Crippen LogP contribution in [-0.2, 0) is 16.4 Å². The fourth-order valence-electron chi connectivity index (χ4n) is 3.85. The van der Waals surface area contributed by atoms with Crippen LogP contribution in [0.25, 0.3) is 10.9 Å². The van der Waals surface area contributed by atoms with Crippen LogP contribution in [0.1, 0.15) is 5.56 Å². The van der Waals surface area contributed by atoms with E-state index in [0.717, 1.165) is 29.6 Å². The molecule has 0 unspecified atom stereocenters. The van der Waals surface area contributed by atoms with Crippen LogP contribution in [0.2, 0.25) is 0 Å². The van der Waals surface area contributed by atoms with Gasteiger partial charge in [0.25, 0.3) is 0 Å². The van der Waals surface area contributed by atoms with Crippen LogP contribution in [-0.4, -0.2) is 42.9 Å². The van der Waals surface area contributed by atoms with Gasteiger partial charge in [-0.15, -0.1) is 0 Å². The van der Waals surface area contributed by atoms with E-state index in [4.69, 9.17) is 0 Å². The maximum Gasteiger partial charge on any atom is 0.150 e. The van der Waals surface area contributed by atoms with Gasteiger partial charge < -0.3 is 0 Å². The summed E-state index contributed by atoms with van der Waals surface area (Å²) < 4.78 is 37.1. The molecular formula is C16H17FN2O2S. The van der Waals surface area contributed by atoms with Gasteiger partial charge in [0.2, 0.25) is 0 Å². The van der Waals surface area contributed by atoms with Gasteiger partial charge in [-0.05, 0) is 35.6 Å². The van der Waals surface area contributed by atoms with Gasteiger partial charge in [0.15, 0.2) is 9.84 Å². The molecule has 22 heavy (non-hydrogen) atoms. The third-order valence-electron chi connectivity index (χ3n) is 4.73. The molecule has 0 saturated carbocycles. The molecule has 0 radical (unpaired) electrons. The summed E-state index contributed by atoms with van der Waals surface area (Å²) >= 11 is 0. The predicted molar refractivity (Wildman–Crippen MR) is 82.6 cm³/mol. The molecule has 0 bridgehead atoms. The third-order valence-corrected chi connectivity index (χ3v) is 6.60. The van der Waals surface area contributed by atoms with Crippen molar-refractivity contribution < 1.29 is 12.8 Å². The van der Waals surface area contributed by atoms with Gasteiger partial charge in [0.1, 0.15) is 5.82 Å². The van der Waals surface area contributed by atoms with Gasteiger partial charge in [-0.25, -0.2) is 12.8 Å². The van der Waals surface area contributed by atoms with Crippen LogP contribution in [0.3, 0.4) is 0 Å². The van der Waals surface area contributed by atoms with Crippen molar-refractivity contribution in [2.24, 2.45) is 11.8 Å². The van der Waals surface area contributed by atoms with Crippen molar-refractivity contribution in [3.8, 4) is 0 Å². The summed E-state index contributed by atoms with van der Waals surface area (Å²) in [5, 5.41) is 0.805. The van der Waals surface area contributed by atoms with Crippen molar-refractivity contribution in [3.63, 3.8) is 0 Å². The van der Waals surface area contributed by atoms with Crippen LogP contribution >= 0.6 is 0 Å². The molecule has 2 atom stereocenters. The molecule has 1 aromatic heterocycles. The number of hydrogen-bond donors (Lipinski definition) is 0.